The molecule has 1 atom stereocenters. The highest BCUT2D eigenvalue weighted by Crippen LogP contribution is 2.16. The van der Waals surface area contributed by atoms with Crippen LogP contribution in [-0.4, -0.2) is 19.1 Å². The molecule has 0 heterocycles. The van der Waals surface area contributed by atoms with E-state index in [2.05, 4.69) is 20.7 Å². The zero-order valence-corrected chi connectivity index (χ0v) is 10.4. The lowest BCUT2D eigenvalue weighted by Gasteiger charge is -2.10. The lowest BCUT2D eigenvalue weighted by molar-refractivity contribution is -0.142. The summed E-state index contributed by atoms with van der Waals surface area (Å²) in [5.74, 6) is -0.382. The van der Waals surface area contributed by atoms with E-state index in [-0.39, 0.29) is 5.97 Å². The SMILES string of the molecule is COC(=O)[C@@H](N)Cc1cc(C)cc(Br)c1. The number of aryl methyl sites for hydroxylation is 1. The highest BCUT2D eigenvalue weighted by molar-refractivity contribution is 9.10. The Morgan fingerprint density at radius 1 is 1.53 bits per heavy atom. The Labute approximate surface area is 97.7 Å². The van der Waals surface area contributed by atoms with Crippen LogP contribution in [0, 0.1) is 6.92 Å². The molecule has 0 saturated heterocycles. The summed E-state index contributed by atoms with van der Waals surface area (Å²) >= 11 is 3.40. The first-order valence-electron chi connectivity index (χ1n) is 4.62. The Morgan fingerprint density at radius 3 is 2.73 bits per heavy atom. The largest absolute Gasteiger partial charge is 0.468 e. The Bertz CT molecular complexity index is 345. The molecule has 3 nitrogen and oxygen atoms in total. The first-order valence-corrected chi connectivity index (χ1v) is 5.41. The maximum Gasteiger partial charge on any atom is 0.322 e. The Kier molecular flexibility index (Phi) is 4.29. The van der Waals surface area contributed by atoms with E-state index in [4.69, 9.17) is 5.73 Å². The molecule has 15 heavy (non-hydrogen) atoms. The minimum atomic E-state index is -0.594. The van der Waals surface area contributed by atoms with E-state index in [1.165, 1.54) is 7.11 Å². The maximum atomic E-state index is 11.1. The molecule has 2 N–H and O–H groups in total. The number of carbonyl (C=O) groups excluding carboxylic acids is 1. The first kappa shape index (κ1) is 12.2. The van der Waals surface area contributed by atoms with Crippen molar-refractivity contribution in [1.29, 1.82) is 0 Å². The van der Waals surface area contributed by atoms with Crippen molar-refractivity contribution in [1.82, 2.24) is 0 Å². The van der Waals surface area contributed by atoms with E-state index in [9.17, 15) is 4.79 Å². The third-order valence-corrected chi connectivity index (χ3v) is 2.52. The molecule has 0 amide bonds. The smallest absolute Gasteiger partial charge is 0.322 e. The number of benzene rings is 1. The molecule has 0 saturated carbocycles. The van der Waals surface area contributed by atoms with Gasteiger partial charge in [0.15, 0.2) is 0 Å². The third kappa shape index (κ3) is 3.64. The van der Waals surface area contributed by atoms with Crippen molar-refractivity contribution in [2.24, 2.45) is 5.73 Å². The van der Waals surface area contributed by atoms with Crippen molar-refractivity contribution in [3.63, 3.8) is 0 Å². The summed E-state index contributed by atoms with van der Waals surface area (Å²) in [7, 11) is 1.34. The monoisotopic (exact) mass is 271 g/mol. The molecular formula is C11H14BrNO2. The number of ether oxygens (including phenoxy) is 1. The van der Waals surface area contributed by atoms with Gasteiger partial charge in [0.05, 0.1) is 7.11 Å². The number of hydrogen-bond donors (Lipinski definition) is 1. The van der Waals surface area contributed by atoms with Crippen LogP contribution >= 0.6 is 15.9 Å². The van der Waals surface area contributed by atoms with E-state index in [1.54, 1.807) is 0 Å². The van der Waals surface area contributed by atoms with Crippen LogP contribution in [0.5, 0.6) is 0 Å². The summed E-state index contributed by atoms with van der Waals surface area (Å²) in [6.45, 7) is 2.00. The quantitative estimate of drug-likeness (QED) is 0.854. The number of nitrogens with two attached hydrogens (primary N) is 1. The van der Waals surface area contributed by atoms with E-state index in [0.29, 0.717) is 6.42 Å². The molecule has 4 heteroatoms. The Balaban J connectivity index is 2.76. The van der Waals surface area contributed by atoms with Gasteiger partial charge in [-0.25, -0.2) is 0 Å². The predicted molar refractivity (Wildman–Crippen MR) is 62.6 cm³/mol. The molecule has 0 fully saturated rings. The van der Waals surface area contributed by atoms with Crippen LogP contribution in [0.3, 0.4) is 0 Å². The standard InChI is InChI=1S/C11H14BrNO2/c1-7-3-8(5-9(12)4-7)6-10(13)11(14)15-2/h3-5,10H,6,13H2,1-2H3/t10-/m0/s1. The van der Waals surface area contributed by atoms with Gasteiger partial charge in [0.2, 0.25) is 0 Å². The predicted octanol–water partition coefficient (Wildman–Crippen LogP) is 1.80. The molecule has 1 aromatic rings. The van der Waals surface area contributed by atoms with Gasteiger partial charge in [-0.05, 0) is 36.6 Å². The average molecular weight is 272 g/mol. The average Bonchev–Trinajstić information content (AvgIpc) is 2.14. The molecule has 0 spiro atoms. The molecule has 0 unspecified atom stereocenters. The Morgan fingerprint density at radius 2 is 2.20 bits per heavy atom. The number of halogens is 1. The summed E-state index contributed by atoms with van der Waals surface area (Å²) < 4.78 is 5.56. The molecule has 0 bridgehead atoms. The Hall–Kier alpha value is -0.870. The van der Waals surface area contributed by atoms with Gasteiger partial charge in [0.25, 0.3) is 0 Å². The van der Waals surface area contributed by atoms with E-state index < -0.39 is 6.04 Å². The molecule has 82 valence electrons. The highest BCUT2D eigenvalue weighted by Gasteiger charge is 2.14. The van der Waals surface area contributed by atoms with E-state index in [1.807, 2.05) is 25.1 Å². The molecule has 0 aliphatic rings. The van der Waals surface area contributed by atoms with Crippen LogP contribution in [0.25, 0.3) is 0 Å². The minimum Gasteiger partial charge on any atom is -0.468 e. The van der Waals surface area contributed by atoms with Crippen molar-refractivity contribution in [2.75, 3.05) is 7.11 Å². The van der Waals surface area contributed by atoms with Gasteiger partial charge in [0, 0.05) is 4.47 Å². The first-order chi connectivity index (χ1) is 7.02. The molecule has 0 aliphatic heterocycles. The van der Waals surface area contributed by atoms with Gasteiger partial charge >= 0.3 is 5.97 Å². The topological polar surface area (TPSA) is 52.3 Å². The second-order valence-corrected chi connectivity index (χ2v) is 4.39. The molecule has 1 rings (SSSR count). The van der Waals surface area contributed by atoms with Gasteiger partial charge in [-0.15, -0.1) is 0 Å². The van der Waals surface area contributed by atoms with Crippen molar-refractivity contribution < 1.29 is 9.53 Å². The maximum absolute atomic E-state index is 11.1. The zero-order valence-electron chi connectivity index (χ0n) is 8.79. The van der Waals surface area contributed by atoms with Crippen LogP contribution < -0.4 is 5.73 Å². The lowest BCUT2D eigenvalue weighted by Crippen LogP contribution is -2.33. The molecule has 0 aromatic heterocycles. The fraction of sp³-hybridized carbons (Fsp3) is 0.364. The summed E-state index contributed by atoms with van der Waals surface area (Å²) in [5, 5.41) is 0. The van der Waals surface area contributed by atoms with Crippen LogP contribution in [0.15, 0.2) is 22.7 Å². The highest BCUT2D eigenvalue weighted by atomic mass is 79.9. The van der Waals surface area contributed by atoms with Gasteiger partial charge < -0.3 is 10.5 Å². The van der Waals surface area contributed by atoms with Crippen molar-refractivity contribution in [3.8, 4) is 0 Å². The van der Waals surface area contributed by atoms with Gasteiger partial charge in [-0.1, -0.05) is 22.0 Å². The number of carbonyl (C=O) groups is 1. The molecule has 0 aliphatic carbocycles. The number of rotatable bonds is 3. The molecule has 1 aromatic carbocycles. The van der Waals surface area contributed by atoms with Crippen molar-refractivity contribution in [3.05, 3.63) is 33.8 Å². The van der Waals surface area contributed by atoms with Gasteiger partial charge in [-0.2, -0.15) is 0 Å². The third-order valence-electron chi connectivity index (χ3n) is 2.06. The summed E-state index contributed by atoms with van der Waals surface area (Å²) in [6, 6.07) is 5.37. The van der Waals surface area contributed by atoms with Gasteiger partial charge in [-0.3, -0.25) is 4.79 Å². The number of hydrogen-bond acceptors (Lipinski definition) is 3. The summed E-state index contributed by atoms with van der Waals surface area (Å²) in [4.78, 5) is 11.1. The second kappa shape index (κ2) is 5.28. The van der Waals surface area contributed by atoms with Crippen LogP contribution in [0.1, 0.15) is 11.1 Å². The summed E-state index contributed by atoms with van der Waals surface area (Å²) in [6.07, 6.45) is 0.493. The van der Waals surface area contributed by atoms with E-state index in [0.717, 1.165) is 15.6 Å². The van der Waals surface area contributed by atoms with Crippen molar-refractivity contribution >= 4 is 21.9 Å². The van der Waals surface area contributed by atoms with Crippen LogP contribution in [-0.2, 0) is 16.0 Å². The lowest BCUT2D eigenvalue weighted by atomic mass is 10.0. The number of esters is 1. The zero-order chi connectivity index (χ0) is 11.4. The normalized spacial score (nSPS) is 12.3. The fourth-order valence-corrected chi connectivity index (χ4v) is 2.07. The van der Waals surface area contributed by atoms with Crippen molar-refractivity contribution in [2.45, 2.75) is 19.4 Å². The minimum absolute atomic E-state index is 0.382. The number of methoxy groups -OCH3 is 1. The molecular weight excluding hydrogens is 258 g/mol. The second-order valence-electron chi connectivity index (χ2n) is 3.47. The molecule has 0 radical (unpaired) electrons. The van der Waals surface area contributed by atoms with Gasteiger partial charge in [0.1, 0.15) is 6.04 Å². The van der Waals surface area contributed by atoms with Crippen LogP contribution in [0.4, 0.5) is 0 Å². The fourth-order valence-electron chi connectivity index (χ4n) is 1.42. The van der Waals surface area contributed by atoms with Crippen LogP contribution in [0.2, 0.25) is 0 Å². The summed E-state index contributed by atoms with van der Waals surface area (Å²) in [5.41, 5.74) is 7.83. The van der Waals surface area contributed by atoms with E-state index >= 15 is 0 Å².